The molecule has 2 aliphatic rings. The van der Waals surface area contributed by atoms with Crippen molar-refractivity contribution in [3.05, 3.63) is 145 Å². The van der Waals surface area contributed by atoms with Gasteiger partial charge in [0.15, 0.2) is 15.3 Å². The Bertz CT molecular complexity index is 2350. The van der Waals surface area contributed by atoms with Crippen molar-refractivity contribution in [3.8, 4) is 0 Å². The van der Waals surface area contributed by atoms with Gasteiger partial charge >= 0.3 is 0 Å². The average molecular weight is 702 g/mol. The van der Waals surface area contributed by atoms with E-state index in [-0.39, 0.29) is 44.6 Å². The number of amides is 2. The van der Waals surface area contributed by atoms with Crippen LogP contribution in [0.1, 0.15) is 32.8 Å². The molecular formula is C34H19Cl2FN4O4S2. The van der Waals surface area contributed by atoms with Crippen molar-refractivity contribution in [2.24, 2.45) is 0 Å². The van der Waals surface area contributed by atoms with E-state index < -0.39 is 28.6 Å². The van der Waals surface area contributed by atoms with E-state index in [9.17, 15) is 14.0 Å². The van der Waals surface area contributed by atoms with Gasteiger partial charge in [0, 0.05) is 26.9 Å². The fraction of sp³-hybridized carbons (Fsp3) is 0.0882. The van der Waals surface area contributed by atoms with Gasteiger partial charge in [0.1, 0.15) is 11.4 Å². The topological polar surface area (TPSA) is 96.6 Å². The second kappa shape index (κ2) is 11.3. The molecule has 1 spiro atoms. The van der Waals surface area contributed by atoms with E-state index >= 15 is 4.79 Å². The van der Waals surface area contributed by atoms with Gasteiger partial charge < -0.3 is 9.32 Å². The number of halogens is 3. The first-order valence-electron chi connectivity index (χ1n) is 14.2. The summed E-state index contributed by atoms with van der Waals surface area (Å²) in [7, 11) is 0. The molecule has 4 aromatic carbocycles. The number of nitrogens with zero attached hydrogens (tertiary/aromatic N) is 4. The number of para-hydroxylation sites is 1. The van der Waals surface area contributed by atoms with Crippen LogP contribution in [-0.4, -0.2) is 22.0 Å². The minimum Gasteiger partial charge on any atom is -0.450 e. The molecule has 8 rings (SSSR count). The molecule has 0 N–H and O–H groups in total. The third-order valence-corrected chi connectivity index (χ3v) is 10.8. The summed E-state index contributed by atoms with van der Waals surface area (Å²) in [6.45, 7) is -0.150. The van der Waals surface area contributed by atoms with Crippen LogP contribution >= 0.6 is 46.3 Å². The van der Waals surface area contributed by atoms with Crippen LogP contribution in [0.25, 0.3) is 11.0 Å². The summed E-state index contributed by atoms with van der Waals surface area (Å²) >= 11 is 14.9. The summed E-state index contributed by atoms with van der Waals surface area (Å²) in [6.07, 6.45) is 0. The minimum atomic E-state index is -2.01. The fourth-order valence-corrected chi connectivity index (χ4v) is 8.43. The number of carbonyl (C=O) groups excluding carboxylic acids is 2. The first kappa shape index (κ1) is 29.8. The number of anilines is 2. The van der Waals surface area contributed by atoms with E-state index in [0.717, 1.165) is 16.9 Å². The molecule has 13 heteroatoms. The zero-order valence-corrected chi connectivity index (χ0v) is 27.1. The maximum Gasteiger partial charge on any atom is 0.297 e. The second-order valence-electron chi connectivity index (χ2n) is 10.9. The summed E-state index contributed by atoms with van der Waals surface area (Å²) in [5.41, 5.74) is -0.631. The molecule has 1 atom stereocenters. The molecule has 4 heterocycles. The molecule has 8 nitrogen and oxygen atoms in total. The highest BCUT2D eigenvalue weighted by atomic mass is 35.5. The Morgan fingerprint density at radius 3 is 2.51 bits per heavy atom. The molecule has 1 unspecified atom stereocenters. The molecule has 47 heavy (non-hydrogen) atoms. The third kappa shape index (κ3) is 4.60. The summed E-state index contributed by atoms with van der Waals surface area (Å²) in [4.78, 5) is 46.6. The molecule has 0 saturated carbocycles. The van der Waals surface area contributed by atoms with Crippen molar-refractivity contribution in [2.45, 2.75) is 22.2 Å². The Labute approximate surface area is 284 Å². The summed E-state index contributed by atoms with van der Waals surface area (Å²) in [5.74, 6) is -1.62. The Morgan fingerprint density at radius 2 is 1.68 bits per heavy atom. The second-order valence-corrected chi connectivity index (χ2v) is 13.9. The SMILES string of the molecule is O=C1c2oc3ccc(Cl)cc3c(=O)c2C2(C(=O)N(Cc3ccccc3F)c3ccccc32)N1c1nnc(SCc2cccc(Cl)c2)s1. The van der Waals surface area contributed by atoms with E-state index in [2.05, 4.69) is 10.2 Å². The van der Waals surface area contributed by atoms with E-state index in [1.54, 1.807) is 54.6 Å². The Hall–Kier alpha value is -4.55. The van der Waals surface area contributed by atoms with Crippen LogP contribution in [0.5, 0.6) is 0 Å². The van der Waals surface area contributed by atoms with E-state index in [1.807, 2.05) is 18.2 Å². The maximum atomic E-state index is 15.0. The summed E-state index contributed by atoms with van der Waals surface area (Å²) < 4.78 is 21.6. The van der Waals surface area contributed by atoms with Gasteiger partial charge in [-0.2, -0.15) is 0 Å². The number of rotatable bonds is 6. The van der Waals surface area contributed by atoms with E-state index in [4.69, 9.17) is 27.6 Å². The first-order chi connectivity index (χ1) is 22.8. The Kier molecular flexibility index (Phi) is 7.17. The maximum absolute atomic E-state index is 15.0. The van der Waals surface area contributed by atoms with Crippen LogP contribution in [0.4, 0.5) is 15.2 Å². The van der Waals surface area contributed by atoms with Crippen LogP contribution in [0, 0.1) is 5.82 Å². The smallest absolute Gasteiger partial charge is 0.297 e. The minimum absolute atomic E-state index is 0.0902. The average Bonchev–Trinajstić information content (AvgIpc) is 3.70. The number of hydrogen-bond donors (Lipinski definition) is 0. The molecule has 0 fully saturated rings. The monoisotopic (exact) mass is 700 g/mol. The number of fused-ring (bicyclic) bond motifs is 5. The molecule has 0 aliphatic carbocycles. The predicted octanol–water partition coefficient (Wildman–Crippen LogP) is 7.83. The highest BCUT2D eigenvalue weighted by molar-refractivity contribution is 8.00. The van der Waals surface area contributed by atoms with Gasteiger partial charge in [-0.3, -0.25) is 19.3 Å². The van der Waals surface area contributed by atoms with Crippen molar-refractivity contribution in [3.63, 3.8) is 0 Å². The molecule has 0 saturated heterocycles. The fourth-order valence-electron chi connectivity index (χ4n) is 6.21. The van der Waals surface area contributed by atoms with Crippen molar-refractivity contribution in [1.82, 2.24) is 10.2 Å². The van der Waals surface area contributed by atoms with E-state index in [1.165, 1.54) is 39.8 Å². The number of thioether (sulfide) groups is 1. The molecule has 2 aromatic heterocycles. The van der Waals surface area contributed by atoms with Crippen molar-refractivity contribution in [1.29, 1.82) is 0 Å². The lowest BCUT2D eigenvalue weighted by molar-refractivity contribution is -0.121. The highest BCUT2D eigenvalue weighted by Gasteiger charge is 2.66. The lowest BCUT2D eigenvalue weighted by Gasteiger charge is -2.32. The van der Waals surface area contributed by atoms with Crippen molar-refractivity contribution < 1.29 is 18.4 Å². The lowest BCUT2D eigenvalue weighted by Crippen LogP contribution is -2.53. The Morgan fingerprint density at radius 1 is 0.894 bits per heavy atom. The standard InChI is InChI=1S/C34H19Cl2FN4O4S2/c35-20-8-5-6-18(14-20)17-46-33-39-38-32(47-33)41-30(43)29-27(28(42)22-15-21(36)12-13-26(22)45-29)34(41)23-9-2-4-11-25(23)40(31(34)44)16-19-7-1-3-10-24(19)37/h1-15H,16-17H2. The van der Waals surface area contributed by atoms with Crippen LogP contribution in [0.3, 0.4) is 0 Å². The van der Waals surface area contributed by atoms with E-state index in [0.29, 0.717) is 26.4 Å². The van der Waals surface area contributed by atoms with Crippen molar-refractivity contribution >= 4 is 79.9 Å². The number of aromatic nitrogens is 2. The summed E-state index contributed by atoms with van der Waals surface area (Å²) in [6, 6.07) is 24.9. The summed E-state index contributed by atoms with van der Waals surface area (Å²) in [5, 5.41) is 9.76. The molecule has 2 amide bonds. The Balaban J connectivity index is 1.33. The zero-order valence-electron chi connectivity index (χ0n) is 23.9. The molecule has 232 valence electrons. The van der Waals surface area contributed by atoms with Crippen molar-refractivity contribution in [2.75, 3.05) is 9.80 Å². The first-order valence-corrected chi connectivity index (χ1v) is 16.8. The van der Waals surface area contributed by atoms with Crippen LogP contribution in [0.2, 0.25) is 10.0 Å². The number of benzene rings is 4. The molecule has 0 radical (unpaired) electrons. The van der Waals surface area contributed by atoms with Crippen LogP contribution in [-0.2, 0) is 22.6 Å². The third-order valence-electron chi connectivity index (χ3n) is 8.21. The normalized spacial score (nSPS) is 16.8. The van der Waals surface area contributed by atoms with Crippen LogP contribution in [0.15, 0.2) is 105 Å². The number of hydrogen-bond acceptors (Lipinski definition) is 8. The van der Waals surface area contributed by atoms with Gasteiger partial charge in [-0.25, -0.2) is 4.39 Å². The van der Waals surface area contributed by atoms with Gasteiger partial charge in [0.25, 0.3) is 11.8 Å². The van der Waals surface area contributed by atoms with Gasteiger partial charge in [-0.1, -0.05) is 94.8 Å². The number of carbonyl (C=O) groups is 2. The van der Waals surface area contributed by atoms with Gasteiger partial charge in [-0.15, -0.1) is 10.2 Å². The highest BCUT2D eigenvalue weighted by Crippen LogP contribution is 2.55. The van der Waals surface area contributed by atoms with Gasteiger partial charge in [0.05, 0.1) is 23.2 Å². The zero-order chi connectivity index (χ0) is 32.4. The molecule has 2 aliphatic heterocycles. The molecular weight excluding hydrogens is 682 g/mol. The molecule has 6 aromatic rings. The quantitative estimate of drug-likeness (QED) is 0.129. The van der Waals surface area contributed by atoms with Gasteiger partial charge in [-0.05, 0) is 48.0 Å². The lowest BCUT2D eigenvalue weighted by atomic mass is 9.84. The predicted molar refractivity (Wildman–Crippen MR) is 180 cm³/mol. The molecule has 0 bridgehead atoms. The van der Waals surface area contributed by atoms with Gasteiger partial charge in [0.2, 0.25) is 10.9 Å². The largest absolute Gasteiger partial charge is 0.450 e. The van der Waals surface area contributed by atoms with Crippen LogP contribution < -0.4 is 15.2 Å².